The summed E-state index contributed by atoms with van der Waals surface area (Å²) < 4.78 is 12.1. The SMILES string of the molecule is Cc1c(C(=O)Nc2ccc3c(c2)OCO3)sc2ncn(Cc3ccccc3Cl)c(=O)c12. The molecule has 7 nitrogen and oxygen atoms in total. The number of amides is 1. The van der Waals surface area contributed by atoms with Gasteiger partial charge in [-0.05, 0) is 36.2 Å². The van der Waals surface area contributed by atoms with Gasteiger partial charge in [0.1, 0.15) is 4.83 Å². The van der Waals surface area contributed by atoms with Crippen molar-refractivity contribution in [1.29, 1.82) is 0 Å². The molecule has 4 aromatic rings. The third-order valence-corrected chi connectivity index (χ3v) is 6.62. The van der Waals surface area contributed by atoms with Gasteiger partial charge in [-0.2, -0.15) is 0 Å². The lowest BCUT2D eigenvalue weighted by Crippen LogP contribution is -2.21. The Morgan fingerprint density at radius 1 is 1.23 bits per heavy atom. The second kappa shape index (κ2) is 7.72. The zero-order valence-electron chi connectivity index (χ0n) is 16.3. The first-order valence-electron chi connectivity index (χ1n) is 9.44. The zero-order chi connectivity index (χ0) is 21.5. The Balaban J connectivity index is 1.47. The van der Waals surface area contributed by atoms with E-state index < -0.39 is 0 Å². The molecule has 1 aliphatic rings. The fraction of sp³-hybridized carbons (Fsp3) is 0.136. The van der Waals surface area contributed by atoms with Gasteiger partial charge in [0.15, 0.2) is 11.5 Å². The number of halogens is 1. The number of nitrogens with one attached hydrogen (secondary N) is 1. The number of ether oxygens (including phenoxy) is 2. The van der Waals surface area contributed by atoms with Crippen LogP contribution in [0, 0.1) is 6.92 Å². The largest absolute Gasteiger partial charge is 0.454 e. The van der Waals surface area contributed by atoms with Crippen LogP contribution in [0.2, 0.25) is 5.02 Å². The van der Waals surface area contributed by atoms with Gasteiger partial charge < -0.3 is 14.8 Å². The maximum absolute atomic E-state index is 13.1. The van der Waals surface area contributed by atoms with Crippen LogP contribution in [-0.4, -0.2) is 22.3 Å². The molecule has 3 heterocycles. The molecule has 1 aliphatic heterocycles. The fourth-order valence-corrected chi connectivity index (χ4v) is 4.69. The third kappa shape index (κ3) is 3.54. The van der Waals surface area contributed by atoms with E-state index in [-0.39, 0.29) is 18.3 Å². The minimum atomic E-state index is -0.309. The molecule has 0 spiro atoms. The summed E-state index contributed by atoms with van der Waals surface area (Å²) in [5.74, 6) is 0.908. The molecule has 0 saturated heterocycles. The highest BCUT2D eigenvalue weighted by Crippen LogP contribution is 2.35. The number of hydrogen-bond donors (Lipinski definition) is 1. The van der Waals surface area contributed by atoms with Crippen molar-refractivity contribution in [2.75, 3.05) is 12.1 Å². The summed E-state index contributed by atoms with van der Waals surface area (Å²) in [6, 6.07) is 12.5. The van der Waals surface area contributed by atoms with Gasteiger partial charge >= 0.3 is 0 Å². The predicted molar refractivity (Wildman–Crippen MR) is 120 cm³/mol. The Morgan fingerprint density at radius 3 is 2.87 bits per heavy atom. The van der Waals surface area contributed by atoms with E-state index in [1.807, 2.05) is 18.2 Å². The number of carbonyl (C=O) groups is 1. The van der Waals surface area contributed by atoms with E-state index in [9.17, 15) is 9.59 Å². The summed E-state index contributed by atoms with van der Waals surface area (Å²) in [6.07, 6.45) is 1.49. The smallest absolute Gasteiger partial charge is 0.266 e. The summed E-state index contributed by atoms with van der Waals surface area (Å²) in [4.78, 5) is 31.4. The van der Waals surface area contributed by atoms with Crippen LogP contribution in [0.3, 0.4) is 0 Å². The number of aryl methyl sites for hydroxylation is 1. The van der Waals surface area contributed by atoms with Crippen LogP contribution in [0.5, 0.6) is 11.5 Å². The van der Waals surface area contributed by atoms with Crippen molar-refractivity contribution >= 4 is 44.7 Å². The van der Waals surface area contributed by atoms with Gasteiger partial charge in [0.25, 0.3) is 11.5 Å². The van der Waals surface area contributed by atoms with Gasteiger partial charge in [-0.25, -0.2) is 4.98 Å². The van der Waals surface area contributed by atoms with Gasteiger partial charge in [-0.1, -0.05) is 29.8 Å². The second-order valence-corrected chi connectivity index (χ2v) is 8.43. The normalized spacial score (nSPS) is 12.3. The minimum absolute atomic E-state index is 0.161. The number of aromatic nitrogens is 2. The lowest BCUT2D eigenvalue weighted by molar-refractivity contribution is 0.103. The van der Waals surface area contributed by atoms with Gasteiger partial charge in [0.05, 0.1) is 23.1 Å². The van der Waals surface area contributed by atoms with E-state index in [0.29, 0.717) is 49.4 Å². The van der Waals surface area contributed by atoms with E-state index in [1.54, 1.807) is 31.2 Å². The van der Waals surface area contributed by atoms with Crippen LogP contribution in [-0.2, 0) is 6.54 Å². The van der Waals surface area contributed by atoms with E-state index >= 15 is 0 Å². The van der Waals surface area contributed by atoms with Crippen molar-refractivity contribution < 1.29 is 14.3 Å². The van der Waals surface area contributed by atoms with Crippen molar-refractivity contribution in [1.82, 2.24) is 9.55 Å². The highest BCUT2D eigenvalue weighted by atomic mass is 35.5. The molecule has 2 aromatic carbocycles. The molecular weight excluding hydrogens is 438 g/mol. The maximum atomic E-state index is 13.1. The first kappa shape index (κ1) is 19.6. The average Bonchev–Trinajstić information content (AvgIpc) is 3.36. The molecule has 5 rings (SSSR count). The van der Waals surface area contributed by atoms with Gasteiger partial charge in [-0.15, -0.1) is 11.3 Å². The maximum Gasteiger partial charge on any atom is 0.266 e. The van der Waals surface area contributed by atoms with Gasteiger partial charge in [0.2, 0.25) is 6.79 Å². The lowest BCUT2D eigenvalue weighted by Gasteiger charge is -2.07. The van der Waals surface area contributed by atoms with Crippen molar-refractivity contribution in [3.8, 4) is 11.5 Å². The van der Waals surface area contributed by atoms with E-state index in [4.69, 9.17) is 21.1 Å². The van der Waals surface area contributed by atoms with E-state index in [2.05, 4.69) is 10.3 Å². The number of anilines is 1. The van der Waals surface area contributed by atoms with Crippen LogP contribution >= 0.6 is 22.9 Å². The molecular formula is C22H16ClN3O4S. The molecule has 0 bridgehead atoms. The molecule has 0 atom stereocenters. The van der Waals surface area contributed by atoms with E-state index in [1.165, 1.54) is 22.2 Å². The van der Waals surface area contributed by atoms with Crippen molar-refractivity contribution in [3.63, 3.8) is 0 Å². The van der Waals surface area contributed by atoms with E-state index in [0.717, 1.165) is 5.56 Å². The van der Waals surface area contributed by atoms with Gasteiger partial charge in [0, 0.05) is 16.8 Å². The molecule has 0 radical (unpaired) electrons. The molecule has 2 aromatic heterocycles. The molecule has 0 unspecified atom stereocenters. The molecule has 31 heavy (non-hydrogen) atoms. The number of thiophene rings is 1. The minimum Gasteiger partial charge on any atom is -0.454 e. The third-order valence-electron chi connectivity index (χ3n) is 5.05. The number of carbonyl (C=O) groups excluding carboxylic acids is 1. The molecule has 1 amide bonds. The summed E-state index contributed by atoms with van der Waals surface area (Å²) >= 11 is 7.42. The average molecular weight is 454 g/mol. The standard InChI is InChI=1S/C22H16ClN3O4S/c1-12-18-21(24-10-26(22(18)28)9-13-4-2-3-5-15(13)23)31-19(12)20(27)25-14-6-7-16-17(8-14)30-11-29-16/h2-8,10H,9,11H2,1H3,(H,25,27). The van der Waals surface area contributed by atoms with Crippen LogP contribution in [0.25, 0.3) is 10.2 Å². The summed E-state index contributed by atoms with van der Waals surface area (Å²) in [5, 5.41) is 3.88. The Hall–Kier alpha value is -3.36. The van der Waals surface area contributed by atoms with Crippen LogP contribution < -0.4 is 20.3 Å². The quantitative estimate of drug-likeness (QED) is 0.493. The Labute approximate surface area is 185 Å². The number of rotatable bonds is 4. The second-order valence-electron chi connectivity index (χ2n) is 7.03. The first-order chi connectivity index (χ1) is 15.0. The summed E-state index contributed by atoms with van der Waals surface area (Å²) in [5.41, 5.74) is 1.79. The topological polar surface area (TPSA) is 82.4 Å². The molecule has 0 saturated carbocycles. The highest BCUT2D eigenvalue weighted by Gasteiger charge is 2.21. The molecule has 1 N–H and O–H groups in total. The number of fused-ring (bicyclic) bond motifs is 2. The molecule has 0 fully saturated rings. The zero-order valence-corrected chi connectivity index (χ0v) is 17.9. The van der Waals surface area contributed by atoms with Crippen LogP contribution in [0.15, 0.2) is 53.6 Å². The first-order valence-corrected chi connectivity index (χ1v) is 10.6. The lowest BCUT2D eigenvalue weighted by atomic mass is 10.2. The van der Waals surface area contributed by atoms with Crippen LogP contribution in [0.1, 0.15) is 20.8 Å². The Bertz CT molecular complexity index is 1400. The monoisotopic (exact) mass is 453 g/mol. The van der Waals surface area contributed by atoms with Gasteiger partial charge in [-0.3, -0.25) is 14.2 Å². The number of nitrogens with zero attached hydrogens (tertiary/aromatic N) is 2. The van der Waals surface area contributed by atoms with Crippen LogP contribution in [0.4, 0.5) is 5.69 Å². The summed E-state index contributed by atoms with van der Waals surface area (Å²) in [7, 11) is 0. The number of hydrogen-bond acceptors (Lipinski definition) is 6. The number of benzene rings is 2. The van der Waals surface area contributed by atoms with Crippen molar-refractivity contribution in [3.05, 3.63) is 80.2 Å². The van der Waals surface area contributed by atoms with Crippen molar-refractivity contribution in [2.45, 2.75) is 13.5 Å². The molecule has 9 heteroatoms. The summed E-state index contributed by atoms with van der Waals surface area (Å²) in [6.45, 7) is 2.22. The fourth-order valence-electron chi connectivity index (χ4n) is 3.46. The Kier molecular flexibility index (Phi) is 4.88. The predicted octanol–water partition coefficient (Wildman–Crippen LogP) is 4.45. The molecule has 0 aliphatic carbocycles. The molecule has 156 valence electrons. The highest BCUT2D eigenvalue weighted by molar-refractivity contribution is 7.20. The van der Waals surface area contributed by atoms with Crippen molar-refractivity contribution in [2.24, 2.45) is 0 Å². The Morgan fingerprint density at radius 2 is 2.03 bits per heavy atom.